The Morgan fingerprint density at radius 2 is 1.74 bits per heavy atom. The van der Waals surface area contributed by atoms with E-state index in [0.717, 1.165) is 0 Å². The molecule has 9 heteroatoms. The molecule has 0 heterocycles. The van der Waals surface area contributed by atoms with E-state index < -0.39 is 27.5 Å². The Labute approximate surface area is 132 Å². The van der Waals surface area contributed by atoms with Crippen molar-refractivity contribution in [2.45, 2.75) is 44.4 Å². The second kappa shape index (κ2) is 6.12. The fourth-order valence-electron chi connectivity index (χ4n) is 1.80. The Morgan fingerprint density at radius 3 is 2.17 bits per heavy atom. The van der Waals surface area contributed by atoms with Crippen molar-refractivity contribution in [3.8, 4) is 0 Å². The van der Waals surface area contributed by atoms with Gasteiger partial charge in [-0.2, -0.15) is 13.2 Å². The fraction of sp³-hybridized carbons (Fsp3) is 0.500. The van der Waals surface area contributed by atoms with Crippen LogP contribution in [-0.4, -0.2) is 37.0 Å². The number of rotatable bonds is 4. The highest BCUT2D eigenvalue weighted by atomic mass is 32.2. The molecule has 0 aromatic heterocycles. The van der Waals surface area contributed by atoms with Gasteiger partial charge in [0.2, 0.25) is 5.60 Å². The van der Waals surface area contributed by atoms with Crippen molar-refractivity contribution in [3.63, 3.8) is 0 Å². The molecule has 2 N–H and O–H groups in total. The van der Waals surface area contributed by atoms with Gasteiger partial charge in [-0.05, 0) is 44.0 Å². The third kappa shape index (κ3) is 3.66. The number of alkyl halides is 3. The standard InChI is InChI=1S/C14H18F3NO4S/c1-5-23(21,22)11-7-6-10(8(2)9(11)3)18-12(19)13(4,20)14(15,16)17/h6-7,20H,5H2,1-4H3,(H,18,19)/t13-/m1/s1. The van der Waals surface area contributed by atoms with Crippen LogP contribution in [0.2, 0.25) is 0 Å². The number of anilines is 1. The van der Waals surface area contributed by atoms with E-state index in [0.29, 0.717) is 18.1 Å². The van der Waals surface area contributed by atoms with Crippen LogP contribution >= 0.6 is 0 Å². The van der Waals surface area contributed by atoms with Crippen molar-refractivity contribution in [1.29, 1.82) is 0 Å². The molecule has 0 spiro atoms. The van der Waals surface area contributed by atoms with E-state index in [1.165, 1.54) is 32.9 Å². The summed E-state index contributed by atoms with van der Waals surface area (Å²) in [4.78, 5) is 11.7. The highest BCUT2D eigenvalue weighted by Gasteiger charge is 2.55. The second-order valence-corrected chi connectivity index (χ2v) is 7.54. The first-order valence-corrected chi connectivity index (χ1v) is 8.34. The van der Waals surface area contributed by atoms with E-state index in [2.05, 4.69) is 0 Å². The summed E-state index contributed by atoms with van der Waals surface area (Å²) in [6.07, 6.45) is -5.13. The van der Waals surface area contributed by atoms with Gasteiger partial charge in [-0.1, -0.05) is 6.92 Å². The maximum absolute atomic E-state index is 12.6. The smallest absolute Gasteiger partial charge is 0.373 e. The van der Waals surface area contributed by atoms with Crippen LogP contribution in [0.15, 0.2) is 17.0 Å². The number of sulfone groups is 1. The van der Waals surface area contributed by atoms with Crippen LogP contribution in [0.3, 0.4) is 0 Å². The van der Waals surface area contributed by atoms with Gasteiger partial charge >= 0.3 is 6.18 Å². The van der Waals surface area contributed by atoms with E-state index in [9.17, 15) is 31.5 Å². The Morgan fingerprint density at radius 1 is 1.22 bits per heavy atom. The number of amides is 1. The molecule has 0 bridgehead atoms. The van der Waals surface area contributed by atoms with Gasteiger partial charge in [0.1, 0.15) is 0 Å². The molecule has 0 radical (unpaired) electrons. The molecule has 0 aliphatic heterocycles. The molecule has 1 atom stereocenters. The average molecular weight is 353 g/mol. The number of aliphatic hydroxyl groups is 1. The highest BCUT2D eigenvalue weighted by molar-refractivity contribution is 7.91. The van der Waals surface area contributed by atoms with Crippen molar-refractivity contribution in [2.24, 2.45) is 0 Å². The first kappa shape index (κ1) is 19.4. The zero-order valence-corrected chi connectivity index (χ0v) is 13.9. The van der Waals surface area contributed by atoms with Crippen molar-refractivity contribution in [1.82, 2.24) is 0 Å². The van der Waals surface area contributed by atoms with E-state index in [4.69, 9.17) is 0 Å². The van der Waals surface area contributed by atoms with Crippen LogP contribution in [0.4, 0.5) is 18.9 Å². The van der Waals surface area contributed by atoms with Gasteiger partial charge in [-0.3, -0.25) is 4.79 Å². The lowest BCUT2D eigenvalue weighted by Crippen LogP contribution is -2.52. The number of hydrogen-bond acceptors (Lipinski definition) is 4. The van der Waals surface area contributed by atoms with Crippen LogP contribution < -0.4 is 5.32 Å². The maximum atomic E-state index is 12.6. The van der Waals surface area contributed by atoms with Crippen LogP contribution in [0.5, 0.6) is 0 Å². The third-order valence-corrected chi connectivity index (χ3v) is 5.57. The molecule has 1 amide bonds. The normalized spacial score (nSPS) is 15.1. The Balaban J connectivity index is 3.24. The summed E-state index contributed by atoms with van der Waals surface area (Å²) >= 11 is 0. The predicted molar refractivity (Wildman–Crippen MR) is 79.0 cm³/mol. The molecule has 0 aliphatic carbocycles. The van der Waals surface area contributed by atoms with E-state index >= 15 is 0 Å². The highest BCUT2D eigenvalue weighted by Crippen LogP contribution is 2.32. The van der Waals surface area contributed by atoms with Crippen LogP contribution in [0, 0.1) is 13.8 Å². The SMILES string of the molecule is CCS(=O)(=O)c1ccc(NC(=O)[C@@](C)(O)C(F)(F)F)c(C)c1C. The maximum Gasteiger partial charge on any atom is 0.426 e. The molecular weight excluding hydrogens is 335 g/mol. The van der Waals surface area contributed by atoms with Crippen LogP contribution in [0.25, 0.3) is 0 Å². The van der Waals surface area contributed by atoms with Crippen molar-refractivity contribution in [3.05, 3.63) is 23.3 Å². The molecule has 0 saturated carbocycles. The molecule has 130 valence electrons. The van der Waals surface area contributed by atoms with Gasteiger partial charge in [0.05, 0.1) is 10.6 Å². The van der Waals surface area contributed by atoms with E-state index in [-0.39, 0.29) is 16.3 Å². The molecule has 5 nitrogen and oxygen atoms in total. The van der Waals surface area contributed by atoms with Crippen molar-refractivity contribution < 1.29 is 31.5 Å². The first-order chi connectivity index (χ1) is 10.3. The van der Waals surface area contributed by atoms with Crippen molar-refractivity contribution in [2.75, 3.05) is 11.1 Å². The lowest BCUT2D eigenvalue weighted by atomic mass is 10.0. The summed E-state index contributed by atoms with van der Waals surface area (Å²) in [7, 11) is -3.49. The Bertz CT molecular complexity index is 724. The number of carbonyl (C=O) groups excluding carboxylic acids is 1. The lowest BCUT2D eigenvalue weighted by Gasteiger charge is -2.25. The minimum Gasteiger partial charge on any atom is -0.373 e. The molecule has 0 unspecified atom stereocenters. The van der Waals surface area contributed by atoms with Gasteiger partial charge < -0.3 is 10.4 Å². The average Bonchev–Trinajstić information content (AvgIpc) is 2.42. The minimum absolute atomic E-state index is 0.00655. The summed E-state index contributed by atoms with van der Waals surface area (Å²) in [6.45, 7) is 4.79. The number of halogens is 3. The molecule has 23 heavy (non-hydrogen) atoms. The number of hydrogen-bond donors (Lipinski definition) is 2. The third-order valence-electron chi connectivity index (χ3n) is 3.69. The number of nitrogens with one attached hydrogen (secondary N) is 1. The van der Waals surface area contributed by atoms with E-state index in [1.54, 1.807) is 0 Å². The first-order valence-electron chi connectivity index (χ1n) is 6.69. The summed E-state index contributed by atoms with van der Waals surface area (Å²) in [5.41, 5.74) is -2.91. The van der Waals surface area contributed by atoms with Crippen LogP contribution in [0.1, 0.15) is 25.0 Å². The van der Waals surface area contributed by atoms with Gasteiger partial charge in [0, 0.05) is 5.69 Å². The zero-order chi connectivity index (χ0) is 18.2. The second-order valence-electron chi connectivity index (χ2n) is 5.29. The fourth-order valence-corrected chi connectivity index (χ4v) is 3.00. The quantitative estimate of drug-likeness (QED) is 0.870. The molecular formula is C14H18F3NO4S. The molecule has 1 aromatic rings. The lowest BCUT2D eigenvalue weighted by molar-refractivity contribution is -0.242. The number of carbonyl (C=O) groups is 1. The molecule has 1 aromatic carbocycles. The summed E-state index contributed by atoms with van der Waals surface area (Å²) < 4.78 is 61.8. The van der Waals surface area contributed by atoms with Gasteiger partial charge in [-0.15, -0.1) is 0 Å². The van der Waals surface area contributed by atoms with Gasteiger partial charge in [0.25, 0.3) is 5.91 Å². The monoisotopic (exact) mass is 353 g/mol. The molecule has 0 aliphatic rings. The Hall–Kier alpha value is -1.61. The zero-order valence-electron chi connectivity index (χ0n) is 13.1. The van der Waals surface area contributed by atoms with Gasteiger partial charge in [-0.25, -0.2) is 8.42 Å². The number of benzene rings is 1. The molecule has 0 fully saturated rings. The largest absolute Gasteiger partial charge is 0.426 e. The van der Waals surface area contributed by atoms with Crippen molar-refractivity contribution >= 4 is 21.4 Å². The Kier molecular flexibility index (Phi) is 5.17. The van der Waals surface area contributed by atoms with E-state index in [1.807, 2.05) is 5.32 Å². The minimum atomic E-state index is -5.13. The molecule has 0 saturated heterocycles. The molecule has 1 rings (SSSR count). The predicted octanol–water partition coefficient (Wildman–Crippen LogP) is 2.35. The topological polar surface area (TPSA) is 83.5 Å². The van der Waals surface area contributed by atoms with Crippen LogP contribution in [-0.2, 0) is 14.6 Å². The van der Waals surface area contributed by atoms with Gasteiger partial charge in [0.15, 0.2) is 9.84 Å². The summed E-state index contributed by atoms with van der Waals surface area (Å²) in [5, 5.41) is 11.3. The summed E-state index contributed by atoms with van der Waals surface area (Å²) in [5.74, 6) is -1.76. The summed E-state index contributed by atoms with van der Waals surface area (Å²) in [6, 6.07) is 2.42.